The standard InChI is InChI=1S/C39H48N8O6S/c1-38(2,3)33(40)24-34(41-26-9-8-10-27(23-26)51-21-22-52-54(49)50)43-36(48)42-31-14-15-32(30-12-5-4-11-29(30)31)53-28-13-16-35-44-45-37(46(35)25-28)47-20-7-6-17-39(47)18-19-39/h4-5,8-13,16,23-25,31-32,40-41,54H,6-7,14-15,17-22H2,1-3H3,(H2,42,43,48)/b34-24+,40-33?/t31-,32+/m0/s1. The van der Waals surface area contributed by atoms with Crippen molar-refractivity contribution in [3.63, 3.8) is 0 Å². The van der Waals surface area contributed by atoms with Gasteiger partial charge >= 0.3 is 6.03 Å². The van der Waals surface area contributed by atoms with Gasteiger partial charge in [-0.2, -0.15) is 0 Å². The largest absolute Gasteiger partial charge is 0.491 e. The number of nitrogens with one attached hydrogen (secondary N) is 4. The molecule has 3 aliphatic rings. The number of piperidine rings is 1. The second-order valence-electron chi connectivity index (χ2n) is 15.2. The van der Waals surface area contributed by atoms with Crippen LogP contribution in [0, 0.1) is 10.8 Å². The number of anilines is 2. The summed E-state index contributed by atoms with van der Waals surface area (Å²) in [6.07, 6.45) is 10.8. The quantitative estimate of drug-likeness (QED) is 0.0580. The first-order valence-corrected chi connectivity index (χ1v) is 19.6. The number of aromatic nitrogens is 3. The van der Waals surface area contributed by atoms with Crippen molar-refractivity contribution in [2.24, 2.45) is 5.41 Å². The van der Waals surface area contributed by atoms with Crippen molar-refractivity contribution in [3.05, 3.63) is 89.9 Å². The summed E-state index contributed by atoms with van der Waals surface area (Å²) >= 11 is 0. The van der Waals surface area contributed by atoms with Crippen LogP contribution in [0.1, 0.15) is 89.0 Å². The first kappa shape index (κ1) is 37.2. The van der Waals surface area contributed by atoms with Gasteiger partial charge in [0, 0.05) is 41.0 Å². The fourth-order valence-electron chi connectivity index (χ4n) is 7.24. The van der Waals surface area contributed by atoms with Crippen LogP contribution in [0.5, 0.6) is 11.5 Å². The Morgan fingerprint density at radius 3 is 2.57 bits per heavy atom. The van der Waals surface area contributed by atoms with Crippen LogP contribution in [-0.2, 0) is 15.2 Å². The van der Waals surface area contributed by atoms with Gasteiger partial charge in [0.15, 0.2) is 5.65 Å². The molecule has 0 bridgehead atoms. The maximum atomic E-state index is 13.6. The molecule has 3 heterocycles. The molecule has 2 atom stereocenters. The third-order valence-corrected chi connectivity index (χ3v) is 10.7. The van der Waals surface area contributed by atoms with E-state index in [2.05, 4.69) is 45.7 Å². The van der Waals surface area contributed by atoms with Crippen molar-refractivity contribution in [2.45, 2.75) is 83.4 Å². The van der Waals surface area contributed by atoms with Gasteiger partial charge in [-0.15, -0.1) is 10.2 Å². The lowest BCUT2D eigenvalue weighted by Crippen LogP contribution is -2.42. The molecule has 2 aromatic carbocycles. The molecule has 4 N–H and O–H groups in total. The van der Waals surface area contributed by atoms with Gasteiger partial charge < -0.3 is 30.4 Å². The minimum atomic E-state index is -2.95. The van der Waals surface area contributed by atoms with Crippen molar-refractivity contribution in [2.75, 3.05) is 30.0 Å². The van der Waals surface area contributed by atoms with E-state index < -0.39 is 22.4 Å². The molecule has 2 fully saturated rings. The molecular formula is C39H48N8O6S. The highest BCUT2D eigenvalue weighted by molar-refractivity contribution is 7.67. The molecule has 1 saturated carbocycles. The number of rotatable bonds is 13. The first-order valence-electron chi connectivity index (χ1n) is 18.5. The van der Waals surface area contributed by atoms with Gasteiger partial charge in [-0.1, -0.05) is 51.1 Å². The van der Waals surface area contributed by atoms with Crippen molar-refractivity contribution in [3.8, 4) is 11.5 Å². The van der Waals surface area contributed by atoms with E-state index in [4.69, 9.17) is 14.9 Å². The molecule has 286 valence electrons. The Morgan fingerprint density at radius 2 is 1.80 bits per heavy atom. The fraction of sp³-hybridized carbons (Fsp3) is 0.436. The number of hydrogen-bond acceptors (Lipinski definition) is 11. The highest BCUT2D eigenvalue weighted by Crippen LogP contribution is 2.50. The molecule has 0 unspecified atom stereocenters. The third kappa shape index (κ3) is 8.63. The number of carbonyl (C=O) groups excluding carboxylic acids is 1. The summed E-state index contributed by atoms with van der Waals surface area (Å²) in [6, 6.07) is 18.2. The van der Waals surface area contributed by atoms with E-state index in [1.807, 2.05) is 57.3 Å². The Balaban J connectivity index is 1.04. The van der Waals surface area contributed by atoms with E-state index in [0.717, 1.165) is 41.4 Å². The third-order valence-electron chi connectivity index (χ3n) is 10.3. The Hall–Kier alpha value is -5.15. The average molecular weight is 757 g/mol. The van der Waals surface area contributed by atoms with Crippen molar-refractivity contribution in [1.82, 2.24) is 25.2 Å². The Morgan fingerprint density at radius 1 is 0.981 bits per heavy atom. The number of urea groups is 1. The molecule has 54 heavy (non-hydrogen) atoms. The Labute approximate surface area is 316 Å². The molecule has 1 aliphatic heterocycles. The number of carbonyl (C=O) groups is 1. The summed E-state index contributed by atoms with van der Waals surface area (Å²) in [4.78, 5) is 16.1. The maximum absolute atomic E-state index is 13.6. The Bertz CT molecular complexity index is 2110. The summed E-state index contributed by atoms with van der Waals surface area (Å²) in [7, 11) is -2.95. The Kier molecular flexibility index (Phi) is 10.8. The molecule has 2 amide bonds. The number of hydrogen-bond donors (Lipinski definition) is 5. The number of amides is 2. The molecule has 2 aromatic heterocycles. The van der Waals surface area contributed by atoms with Crippen LogP contribution in [0.3, 0.4) is 0 Å². The van der Waals surface area contributed by atoms with Crippen molar-refractivity contribution >= 4 is 40.0 Å². The van der Waals surface area contributed by atoms with Crippen LogP contribution in [0.2, 0.25) is 0 Å². The number of ether oxygens (including phenoxy) is 2. The molecule has 2 aliphatic carbocycles. The van der Waals surface area contributed by atoms with Gasteiger partial charge in [-0.3, -0.25) is 13.9 Å². The predicted octanol–water partition coefficient (Wildman–Crippen LogP) is 6.45. The number of benzene rings is 2. The molecule has 1 spiro atoms. The minimum Gasteiger partial charge on any atom is -0.491 e. The number of fused-ring (bicyclic) bond motifs is 2. The van der Waals surface area contributed by atoms with Crippen molar-refractivity contribution < 1.29 is 26.9 Å². The van der Waals surface area contributed by atoms with Crippen LogP contribution in [0.4, 0.5) is 16.4 Å². The molecule has 15 heteroatoms. The summed E-state index contributed by atoms with van der Waals surface area (Å²) in [5, 5.41) is 27.0. The van der Waals surface area contributed by atoms with E-state index in [1.54, 1.807) is 30.3 Å². The van der Waals surface area contributed by atoms with Crippen LogP contribution >= 0.6 is 0 Å². The van der Waals surface area contributed by atoms with E-state index in [9.17, 15) is 13.2 Å². The number of pyridine rings is 1. The highest BCUT2D eigenvalue weighted by Gasteiger charge is 2.50. The SMILES string of the molecule is CC(C)(C)C(=N)/C=C(/NC(=O)N[C@H]1CC[C@@H](Oc2ccc3nnc(N4CCCCC45CC5)n3c2)c2ccccc21)Nc1cccc(OCCO[SH](=O)=O)c1. The minimum absolute atomic E-state index is 0.0388. The monoisotopic (exact) mass is 756 g/mol. The van der Waals surface area contributed by atoms with E-state index in [1.165, 1.54) is 25.7 Å². The van der Waals surface area contributed by atoms with Gasteiger partial charge in [-0.25, -0.2) is 13.2 Å². The lowest BCUT2D eigenvalue weighted by molar-refractivity contribution is 0.171. The van der Waals surface area contributed by atoms with Crippen LogP contribution in [-0.4, -0.2) is 60.1 Å². The van der Waals surface area contributed by atoms with Gasteiger partial charge in [-0.05, 0) is 80.3 Å². The molecule has 4 aromatic rings. The summed E-state index contributed by atoms with van der Waals surface area (Å²) in [5.74, 6) is 2.41. The number of allylic oxidation sites excluding steroid dienone is 1. The topological polar surface area (TPSA) is 172 Å². The van der Waals surface area contributed by atoms with E-state index in [-0.39, 0.29) is 30.9 Å². The van der Waals surface area contributed by atoms with Gasteiger partial charge in [0.1, 0.15) is 36.6 Å². The second-order valence-corrected chi connectivity index (χ2v) is 15.9. The van der Waals surface area contributed by atoms with Crippen LogP contribution < -0.4 is 30.3 Å². The molecule has 14 nitrogen and oxygen atoms in total. The number of thiol groups is 1. The zero-order valence-electron chi connectivity index (χ0n) is 30.8. The summed E-state index contributed by atoms with van der Waals surface area (Å²) < 4.78 is 40.2. The van der Waals surface area contributed by atoms with Crippen LogP contribution in [0.25, 0.3) is 5.65 Å². The zero-order valence-corrected chi connectivity index (χ0v) is 31.7. The predicted molar refractivity (Wildman–Crippen MR) is 207 cm³/mol. The van der Waals surface area contributed by atoms with E-state index >= 15 is 0 Å². The molecule has 1 saturated heterocycles. The summed E-state index contributed by atoms with van der Waals surface area (Å²) in [5.41, 5.74) is 3.46. The molecule has 7 rings (SSSR count). The maximum Gasteiger partial charge on any atom is 0.320 e. The lowest BCUT2D eigenvalue weighted by atomic mass is 9.85. The smallest absolute Gasteiger partial charge is 0.320 e. The summed E-state index contributed by atoms with van der Waals surface area (Å²) in [6.45, 7) is 6.70. The van der Waals surface area contributed by atoms with Gasteiger partial charge in [0.25, 0.3) is 11.0 Å². The molecular weight excluding hydrogens is 709 g/mol. The first-order chi connectivity index (χ1) is 26.0. The number of nitrogens with zero attached hydrogens (tertiary/aromatic N) is 4. The van der Waals surface area contributed by atoms with Gasteiger partial charge in [0.05, 0.1) is 12.2 Å². The van der Waals surface area contributed by atoms with Crippen LogP contribution in [0.15, 0.2) is 78.8 Å². The van der Waals surface area contributed by atoms with E-state index in [0.29, 0.717) is 35.8 Å². The van der Waals surface area contributed by atoms with Gasteiger partial charge in [0.2, 0.25) is 5.95 Å². The van der Waals surface area contributed by atoms with Crippen molar-refractivity contribution in [1.29, 1.82) is 5.41 Å². The average Bonchev–Trinajstić information content (AvgIpc) is 3.78. The fourth-order valence-corrected chi connectivity index (χ4v) is 7.47. The second kappa shape index (κ2) is 15.7. The lowest BCUT2D eigenvalue weighted by Gasteiger charge is -2.36. The zero-order chi connectivity index (χ0) is 37.9. The molecule has 0 radical (unpaired) electrons. The normalized spacial score (nSPS) is 19.3. The highest BCUT2D eigenvalue weighted by atomic mass is 32.2.